The molecule has 0 aromatic heterocycles. The smallest absolute Gasteiger partial charge is 0.292 e. The Morgan fingerprint density at radius 2 is 1.48 bits per heavy atom. The number of rotatable bonds is 4. The highest BCUT2D eigenvalue weighted by atomic mass is 16.6. The van der Waals surface area contributed by atoms with E-state index in [9.17, 15) is 14.9 Å². The number of carbonyl (C=O) groups is 1. The van der Waals surface area contributed by atoms with Gasteiger partial charge >= 0.3 is 0 Å². The Labute approximate surface area is 183 Å². The normalized spacial score (nSPS) is 17.7. The molecule has 7 heteroatoms. The number of nitro groups is 1. The van der Waals surface area contributed by atoms with Crippen molar-refractivity contribution in [1.82, 2.24) is 4.90 Å². The lowest BCUT2D eigenvalue weighted by Crippen LogP contribution is -2.52. The highest BCUT2D eigenvalue weighted by Gasteiger charge is 2.32. The molecule has 2 aliphatic heterocycles. The number of nitrogens with zero attached hydrogens (tertiary/aromatic N) is 4. The SMILES string of the molecule is Cc1cccc(N2CCN(C(=O)C3CCN(c4ccccc4[N+](=O)[O-])CC3)CC2)c1C. The molecule has 0 bridgehead atoms. The summed E-state index contributed by atoms with van der Waals surface area (Å²) in [6.07, 6.45) is 1.48. The van der Waals surface area contributed by atoms with Gasteiger partial charge in [-0.3, -0.25) is 14.9 Å². The van der Waals surface area contributed by atoms with Crippen molar-refractivity contribution >= 4 is 23.0 Å². The first-order valence-electron chi connectivity index (χ1n) is 11.0. The van der Waals surface area contributed by atoms with Crippen molar-refractivity contribution in [2.24, 2.45) is 5.92 Å². The molecule has 0 aliphatic carbocycles. The molecule has 0 atom stereocenters. The van der Waals surface area contributed by atoms with Crippen LogP contribution >= 0.6 is 0 Å². The fourth-order valence-electron chi connectivity index (χ4n) is 4.76. The maximum atomic E-state index is 13.1. The first kappa shape index (κ1) is 21.2. The largest absolute Gasteiger partial charge is 0.368 e. The number of piperazine rings is 1. The summed E-state index contributed by atoms with van der Waals surface area (Å²) in [4.78, 5) is 30.5. The minimum absolute atomic E-state index is 0.00581. The van der Waals surface area contributed by atoms with Crippen molar-refractivity contribution in [1.29, 1.82) is 0 Å². The van der Waals surface area contributed by atoms with Gasteiger partial charge in [0, 0.05) is 56.9 Å². The molecule has 0 saturated carbocycles. The van der Waals surface area contributed by atoms with E-state index in [4.69, 9.17) is 0 Å². The number of aryl methyl sites for hydroxylation is 1. The summed E-state index contributed by atoms with van der Waals surface area (Å²) in [6.45, 7) is 8.83. The van der Waals surface area contributed by atoms with Gasteiger partial charge in [-0.2, -0.15) is 0 Å². The van der Waals surface area contributed by atoms with Crippen LogP contribution in [0.15, 0.2) is 42.5 Å². The van der Waals surface area contributed by atoms with E-state index >= 15 is 0 Å². The zero-order valence-electron chi connectivity index (χ0n) is 18.3. The molecular formula is C24H30N4O3. The van der Waals surface area contributed by atoms with E-state index in [-0.39, 0.29) is 22.4 Å². The molecule has 31 heavy (non-hydrogen) atoms. The van der Waals surface area contributed by atoms with Crippen LogP contribution in [0.3, 0.4) is 0 Å². The second kappa shape index (κ2) is 8.96. The number of hydrogen-bond donors (Lipinski definition) is 0. The fraction of sp³-hybridized carbons (Fsp3) is 0.458. The topological polar surface area (TPSA) is 69.9 Å². The summed E-state index contributed by atoms with van der Waals surface area (Å²) in [5, 5.41) is 11.3. The predicted octanol–water partition coefficient (Wildman–Crippen LogP) is 3.78. The van der Waals surface area contributed by atoms with E-state index in [1.807, 2.05) is 15.9 Å². The Bertz CT molecular complexity index is 961. The quantitative estimate of drug-likeness (QED) is 0.554. The van der Waals surface area contributed by atoms with Crippen LogP contribution in [0.4, 0.5) is 17.1 Å². The molecule has 0 radical (unpaired) electrons. The van der Waals surface area contributed by atoms with E-state index in [1.165, 1.54) is 16.8 Å². The Kier molecular flexibility index (Phi) is 6.11. The van der Waals surface area contributed by atoms with Gasteiger partial charge in [0.1, 0.15) is 5.69 Å². The maximum absolute atomic E-state index is 13.1. The molecule has 0 unspecified atom stereocenters. The summed E-state index contributed by atoms with van der Waals surface area (Å²) >= 11 is 0. The van der Waals surface area contributed by atoms with Crippen LogP contribution in [0.1, 0.15) is 24.0 Å². The van der Waals surface area contributed by atoms with Gasteiger partial charge in [0.25, 0.3) is 5.69 Å². The van der Waals surface area contributed by atoms with Crippen LogP contribution in [0, 0.1) is 29.9 Å². The molecule has 2 aromatic rings. The highest BCUT2D eigenvalue weighted by molar-refractivity contribution is 5.79. The van der Waals surface area contributed by atoms with Gasteiger partial charge in [0.05, 0.1) is 4.92 Å². The van der Waals surface area contributed by atoms with Gasteiger partial charge in [-0.05, 0) is 49.9 Å². The number of anilines is 2. The van der Waals surface area contributed by atoms with Crippen molar-refractivity contribution in [2.75, 3.05) is 49.1 Å². The van der Waals surface area contributed by atoms with Gasteiger partial charge in [0.2, 0.25) is 5.91 Å². The van der Waals surface area contributed by atoms with Crippen molar-refractivity contribution in [3.63, 3.8) is 0 Å². The lowest BCUT2D eigenvalue weighted by Gasteiger charge is -2.40. The minimum Gasteiger partial charge on any atom is -0.368 e. The standard InChI is InChI=1S/C24H30N4O3/c1-18-6-5-9-21(19(18)2)26-14-16-27(17-15-26)24(29)20-10-12-25(13-11-20)22-7-3-4-8-23(22)28(30)31/h3-9,20H,10-17H2,1-2H3. The number of para-hydroxylation sites is 2. The summed E-state index contributed by atoms with van der Waals surface area (Å²) in [5.41, 5.74) is 4.66. The Morgan fingerprint density at radius 1 is 0.871 bits per heavy atom. The average Bonchev–Trinajstić information content (AvgIpc) is 2.80. The van der Waals surface area contributed by atoms with Crippen molar-refractivity contribution < 1.29 is 9.72 Å². The van der Waals surface area contributed by atoms with E-state index in [1.54, 1.807) is 18.2 Å². The van der Waals surface area contributed by atoms with Gasteiger partial charge in [-0.15, -0.1) is 0 Å². The highest BCUT2D eigenvalue weighted by Crippen LogP contribution is 2.32. The van der Waals surface area contributed by atoms with Crippen LogP contribution in [-0.2, 0) is 4.79 Å². The monoisotopic (exact) mass is 422 g/mol. The average molecular weight is 423 g/mol. The first-order chi connectivity index (χ1) is 15.0. The Morgan fingerprint density at radius 3 is 2.16 bits per heavy atom. The van der Waals surface area contributed by atoms with Crippen LogP contribution in [0.25, 0.3) is 0 Å². The number of amides is 1. The molecule has 164 valence electrons. The van der Waals surface area contributed by atoms with Crippen LogP contribution in [-0.4, -0.2) is 55.0 Å². The van der Waals surface area contributed by atoms with Crippen LogP contribution in [0.5, 0.6) is 0 Å². The van der Waals surface area contributed by atoms with Gasteiger partial charge in [-0.25, -0.2) is 0 Å². The second-order valence-corrected chi connectivity index (χ2v) is 8.54. The number of benzene rings is 2. The maximum Gasteiger partial charge on any atom is 0.292 e. The summed E-state index contributed by atoms with van der Waals surface area (Å²) in [6, 6.07) is 13.3. The molecule has 4 rings (SSSR count). The molecule has 2 heterocycles. The second-order valence-electron chi connectivity index (χ2n) is 8.54. The van der Waals surface area contributed by atoms with Crippen molar-refractivity contribution in [3.05, 3.63) is 63.7 Å². The minimum atomic E-state index is -0.331. The zero-order valence-corrected chi connectivity index (χ0v) is 18.3. The number of piperidine rings is 1. The van der Waals surface area contributed by atoms with E-state index in [0.717, 1.165) is 39.0 Å². The molecule has 2 saturated heterocycles. The zero-order chi connectivity index (χ0) is 22.0. The van der Waals surface area contributed by atoms with Gasteiger partial charge in [0.15, 0.2) is 0 Å². The fourth-order valence-corrected chi connectivity index (χ4v) is 4.76. The Balaban J connectivity index is 1.33. The van der Waals surface area contributed by atoms with E-state index in [0.29, 0.717) is 18.8 Å². The van der Waals surface area contributed by atoms with Gasteiger partial charge in [-0.1, -0.05) is 24.3 Å². The summed E-state index contributed by atoms with van der Waals surface area (Å²) in [5.74, 6) is 0.245. The molecule has 0 spiro atoms. The molecule has 2 fully saturated rings. The molecule has 2 aromatic carbocycles. The molecule has 0 N–H and O–H groups in total. The van der Waals surface area contributed by atoms with E-state index < -0.39 is 0 Å². The number of hydrogen-bond acceptors (Lipinski definition) is 5. The third-order valence-corrected chi connectivity index (χ3v) is 6.77. The van der Waals surface area contributed by atoms with Crippen molar-refractivity contribution in [3.8, 4) is 0 Å². The third kappa shape index (κ3) is 4.36. The predicted molar refractivity (Wildman–Crippen MR) is 123 cm³/mol. The summed E-state index contributed by atoms with van der Waals surface area (Å²) < 4.78 is 0. The van der Waals surface area contributed by atoms with Crippen molar-refractivity contribution in [2.45, 2.75) is 26.7 Å². The van der Waals surface area contributed by atoms with Crippen LogP contribution in [0.2, 0.25) is 0 Å². The number of carbonyl (C=O) groups excluding carboxylic acids is 1. The van der Waals surface area contributed by atoms with E-state index in [2.05, 4.69) is 36.9 Å². The molecule has 7 nitrogen and oxygen atoms in total. The first-order valence-corrected chi connectivity index (χ1v) is 11.0. The molecule has 2 aliphatic rings. The Hall–Kier alpha value is -3.09. The molecule has 1 amide bonds. The molecular weight excluding hydrogens is 392 g/mol. The third-order valence-electron chi connectivity index (χ3n) is 6.77. The lowest BCUT2D eigenvalue weighted by atomic mass is 9.94. The van der Waals surface area contributed by atoms with Crippen LogP contribution < -0.4 is 9.80 Å². The number of nitro benzene ring substituents is 1. The summed E-state index contributed by atoms with van der Waals surface area (Å²) in [7, 11) is 0. The van der Waals surface area contributed by atoms with Gasteiger partial charge < -0.3 is 14.7 Å². The lowest BCUT2D eigenvalue weighted by molar-refractivity contribution is -0.384.